The molecule has 0 heterocycles. The molecule has 0 aromatic heterocycles. The van der Waals surface area contributed by atoms with Gasteiger partial charge in [-0.1, -0.05) is 42.5 Å². The number of ether oxygens (including phenoxy) is 1. The Bertz CT molecular complexity index is 343. The van der Waals surface area contributed by atoms with Crippen molar-refractivity contribution < 1.29 is 4.74 Å². The van der Waals surface area contributed by atoms with Gasteiger partial charge in [0.25, 0.3) is 0 Å². The Morgan fingerprint density at radius 2 is 2.12 bits per heavy atom. The van der Waals surface area contributed by atoms with Crippen molar-refractivity contribution >= 4 is 6.08 Å². The summed E-state index contributed by atoms with van der Waals surface area (Å²) in [5, 5.41) is 3.47. The lowest BCUT2D eigenvalue weighted by atomic mass is 10.2. The second-order valence-corrected chi connectivity index (χ2v) is 4.64. The minimum Gasteiger partial charge on any atom is -0.373 e. The van der Waals surface area contributed by atoms with E-state index in [1.54, 1.807) is 0 Å². The maximum atomic E-state index is 5.69. The Morgan fingerprint density at radius 3 is 2.82 bits per heavy atom. The van der Waals surface area contributed by atoms with Crippen molar-refractivity contribution in [2.75, 3.05) is 13.2 Å². The molecule has 2 nitrogen and oxygen atoms in total. The van der Waals surface area contributed by atoms with E-state index in [1.165, 1.54) is 18.4 Å². The van der Waals surface area contributed by atoms with Crippen LogP contribution in [0.25, 0.3) is 6.08 Å². The molecule has 0 aliphatic heterocycles. The zero-order chi connectivity index (χ0) is 11.9. The summed E-state index contributed by atoms with van der Waals surface area (Å²) in [4.78, 5) is 0. The van der Waals surface area contributed by atoms with Crippen LogP contribution in [-0.4, -0.2) is 25.3 Å². The van der Waals surface area contributed by atoms with Gasteiger partial charge in [-0.25, -0.2) is 0 Å². The molecule has 92 valence electrons. The molecule has 1 atom stereocenters. The molecule has 2 heteroatoms. The summed E-state index contributed by atoms with van der Waals surface area (Å²) in [6.45, 7) is 3.76. The van der Waals surface area contributed by atoms with Crippen molar-refractivity contribution in [1.29, 1.82) is 0 Å². The molecule has 0 saturated heterocycles. The molecule has 1 unspecified atom stereocenters. The molecule has 0 radical (unpaired) electrons. The lowest BCUT2D eigenvalue weighted by Crippen LogP contribution is -2.28. The largest absolute Gasteiger partial charge is 0.373 e. The molecule has 0 spiro atoms. The molecule has 1 aliphatic carbocycles. The van der Waals surface area contributed by atoms with Gasteiger partial charge in [0.1, 0.15) is 0 Å². The molecule has 1 N–H and O–H groups in total. The molecule has 2 rings (SSSR count). The van der Waals surface area contributed by atoms with Crippen molar-refractivity contribution in [2.24, 2.45) is 0 Å². The van der Waals surface area contributed by atoms with Crippen molar-refractivity contribution in [3.05, 3.63) is 42.0 Å². The Morgan fingerprint density at radius 1 is 1.35 bits per heavy atom. The minimum absolute atomic E-state index is 0.288. The normalized spacial score (nSPS) is 17.5. The number of hydrogen-bond donors (Lipinski definition) is 1. The molecule has 1 aromatic rings. The van der Waals surface area contributed by atoms with Crippen LogP contribution < -0.4 is 5.32 Å². The summed E-state index contributed by atoms with van der Waals surface area (Å²) in [5.74, 6) is 0. The maximum absolute atomic E-state index is 5.69. The van der Waals surface area contributed by atoms with Gasteiger partial charge in [-0.15, -0.1) is 0 Å². The number of hydrogen-bond acceptors (Lipinski definition) is 2. The standard InChI is InChI=1S/C15H21NO/c1-13(12-16-15-9-10-15)17-11-5-8-14-6-3-2-4-7-14/h2-8,13,15-16H,9-12H2,1H3. The predicted octanol–water partition coefficient (Wildman–Crippen LogP) is 2.86. The summed E-state index contributed by atoms with van der Waals surface area (Å²) in [6.07, 6.45) is 7.13. The maximum Gasteiger partial charge on any atom is 0.0675 e. The second kappa shape index (κ2) is 6.58. The molecule has 0 amide bonds. The van der Waals surface area contributed by atoms with Crippen LogP contribution in [0, 0.1) is 0 Å². The van der Waals surface area contributed by atoms with Gasteiger partial charge in [0.05, 0.1) is 12.7 Å². The quantitative estimate of drug-likeness (QED) is 0.779. The Hall–Kier alpha value is -1.12. The zero-order valence-corrected chi connectivity index (χ0v) is 10.4. The fourth-order valence-corrected chi connectivity index (χ4v) is 1.65. The fraction of sp³-hybridized carbons (Fsp3) is 0.467. The molecular weight excluding hydrogens is 210 g/mol. The average molecular weight is 231 g/mol. The van der Waals surface area contributed by atoms with Crippen LogP contribution in [0.15, 0.2) is 36.4 Å². The Kier molecular flexibility index (Phi) is 4.77. The smallest absolute Gasteiger partial charge is 0.0675 e. The van der Waals surface area contributed by atoms with Gasteiger partial charge in [-0.3, -0.25) is 0 Å². The van der Waals surface area contributed by atoms with Crippen LogP contribution in [0.1, 0.15) is 25.3 Å². The highest BCUT2D eigenvalue weighted by atomic mass is 16.5. The molecule has 17 heavy (non-hydrogen) atoms. The first-order valence-electron chi connectivity index (χ1n) is 6.41. The van der Waals surface area contributed by atoms with Gasteiger partial charge < -0.3 is 10.1 Å². The molecular formula is C15H21NO. The van der Waals surface area contributed by atoms with Crippen LogP contribution in [0.3, 0.4) is 0 Å². The highest BCUT2D eigenvalue weighted by Gasteiger charge is 2.20. The number of rotatable bonds is 7. The van der Waals surface area contributed by atoms with E-state index in [4.69, 9.17) is 4.74 Å². The van der Waals surface area contributed by atoms with E-state index in [2.05, 4.69) is 36.5 Å². The highest BCUT2D eigenvalue weighted by molar-refractivity contribution is 5.48. The SMILES string of the molecule is CC(CNC1CC1)OCC=Cc1ccccc1. The van der Waals surface area contributed by atoms with E-state index in [-0.39, 0.29) is 6.10 Å². The summed E-state index contributed by atoms with van der Waals surface area (Å²) >= 11 is 0. The second-order valence-electron chi connectivity index (χ2n) is 4.64. The van der Waals surface area contributed by atoms with Crippen LogP contribution in [-0.2, 0) is 4.74 Å². The number of benzene rings is 1. The van der Waals surface area contributed by atoms with Gasteiger partial charge in [0.2, 0.25) is 0 Å². The minimum atomic E-state index is 0.288. The van der Waals surface area contributed by atoms with Gasteiger partial charge in [-0.05, 0) is 25.3 Å². The van der Waals surface area contributed by atoms with Crippen LogP contribution in [0.4, 0.5) is 0 Å². The molecule has 1 aliphatic rings. The van der Waals surface area contributed by atoms with E-state index >= 15 is 0 Å². The molecule has 1 saturated carbocycles. The van der Waals surface area contributed by atoms with Gasteiger partial charge >= 0.3 is 0 Å². The van der Waals surface area contributed by atoms with Crippen molar-refractivity contribution in [2.45, 2.75) is 31.9 Å². The van der Waals surface area contributed by atoms with E-state index in [0.29, 0.717) is 6.61 Å². The van der Waals surface area contributed by atoms with E-state index in [1.807, 2.05) is 18.2 Å². The first-order chi connectivity index (χ1) is 8.34. The topological polar surface area (TPSA) is 21.3 Å². The van der Waals surface area contributed by atoms with Gasteiger partial charge in [0, 0.05) is 12.6 Å². The predicted molar refractivity (Wildman–Crippen MR) is 71.9 cm³/mol. The lowest BCUT2D eigenvalue weighted by Gasteiger charge is -2.11. The van der Waals surface area contributed by atoms with Crippen molar-refractivity contribution in [3.63, 3.8) is 0 Å². The van der Waals surface area contributed by atoms with Crippen molar-refractivity contribution in [1.82, 2.24) is 5.32 Å². The Balaban J connectivity index is 1.59. The van der Waals surface area contributed by atoms with Gasteiger partial charge in [-0.2, -0.15) is 0 Å². The Labute approximate surface area is 104 Å². The molecule has 1 fully saturated rings. The summed E-state index contributed by atoms with van der Waals surface area (Å²) in [6, 6.07) is 11.1. The van der Waals surface area contributed by atoms with E-state index in [9.17, 15) is 0 Å². The fourth-order valence-electron chi connectivity index (χ4n) is 1.65. The van der Waals surface area contributed by atoms with Gasteiger partial charge in [0.15, 0.2) is 0 Å². The van der Waals surface area contributed by atoms with Crippen LogP contribution in [0.5, 0.6) is 0 Å². The summed E-state index contributed by atoms with van der Waals surface area (Å²) in [5.41, 5.74) is 1.22. The third-order valence-electron chi connectivity index (χ3n) is 2.86. The molecule has 0 bridgehead atoms. The summed E-state index contributed by atoms with van der Waals surface area (Å²) in [7, 11) is 0. The zero-order valence-electron chi connectivity index (χ0n) is 10.4. The monoisotopic (exact) mass is 231 g/mol. The van der Waals surface area contributed by atoms with E-state index in [0.717, 1.165) is 12.6 Å². The lowest BCUT2D eigenvalue weighted by molar-refractivity contribution is 0.0879. The van der Waals surface area contributed by atoms with Crippen LogP contribution in [0.2, 0.25) is 0 Å². The first kappa shape index (κ1) is 12.3. The molecule has 1 aromatic carbocycles. The van der Waals surface area contributed by atoms with Crippen molar-refractivity contribution in [3.8, 4) is 0 Å². The first-order valence-corrected chi connectivity index (χ1v) is 6.41. The third-order valence-corrected chi connectivity index (χ3v) is 2.86. The van der Waals surface area contributed by atoms with Crippen LogP contribution >= 0.6 is 0 Å². The summed E-state index contributed by atoms with van der Waals surface area (Å²) < 4.78 is 5.69. The third kappa shape index (κ3) is 5.16. The van der Waals surface area contributed by atoms with E-state index < -0.39 is 0 Å². The average Bonchev–Trinajstić information content (AvgIpc) is 3.17. The highest BCUT2D eigenvalue weighted by Crippen LogP contribution is 2.18. The number of nitrogens with one attached hydrogen (secondary N) is 1.